The zero-order valence-corrected chi connectivity index (χ0v) is 15.2. The first-order valence-corrected chi connectivity index (χ1v) is 8.75. The van der Waals surface area contributed by atoms with Crippen LogP contribution in [0.1, 0.15) is 17.4 Å². The Bertz CT molecular complexity index is 534. The Kier molecular flexibility index (Phi) is 8.25. The van der Waals surface area contributed by atoms with Crippen LogP contribution in [0.25, 0.3) is 0 Å². The summed E-state index contributed by atoms with van der Waals surface area (Å²) in [4.78, 5) is 14.0. The molecule has 0 bridgehead atoms. The summed E-state index contributed by atoms with van der Waals surface area (Å²) in [5, 5.41) is 14.0. The van der Waals surface area contributed by atoms with Crippen molar-refractivity contribution in [2.24, 2.45) is 10.00 Å². The van der Waals surface area contributed by atoms with Crippen molar-refractivity contribution in [1.82, 2.24) is 0 Å². The molecule has 0 N–H and O–H groups in total. The number of hydrogen-bond donors (Lipinski definition) is 0. The third kappa shape index (κ3) is 5.91. The third-order valence-electron chi connectivity index (χ3n) is 2.85. The summed E-state index contributed by atoms with van der Waals surface area (Å²) in [7, 11) is 1.31. The molecule has 0 saturated carbocycles. The number of nitrogens with zero attached hydrogens (tertiary/aromatic N) is 3. The smallest absolute Gasteiger partial charge is 0.258 e. The molecule has 8 nitrogen and oxygen atoms in total. The third-order valence-corrected chi connectivity index (χ3v) is 5.25. The van der Waals surface area contributed by atoms with Gasteiger partial charge in [-0.25, -0.2) is 0 Å². The van der Waals surface area contributed by atoms with Crippen LogP contribution < -0.4 is 0 Å². The Morgan fingerprint density at radius 3 is 2.13 bits per heavy atom. The zero-order valence-electron chi connectivity index (χ0n) is 12.8. The maximum atomic E-state index is 10.6. The molecule has 0 aliphatic carbocycles. The van der Waals surface area contributed by atoms with Gasteiger partial charge in [0.2, 0.25) is 0 Å². The minimum atomic E-state index is -2.87. The van der Waals surface area contributed by atoms with Crippen LogP contribution in [-0.4, -0.2) is 31.8 Å². The number of nitro benzene ring substituents is 1. The maximum absolute atomic E-state index is 10.6. The lowest BCUT2D eigenvalue weighted by Crippen LogP contribution is -2.02. The van der Waals surface area contributed by atoms with Gasteiger partial charge in [0.25, 0.3) is 5.69 Å². The van der Waals surface area contributed by atoms with Crippen molar-refractivity contribution >= 4 is 37.0 Å². The van der Waals surface area contributed by atoms with Crippen LogP contribution in [0.2, 0.25) is 0 Å². The van der Waals surface area contributed by atoms with Crippen LogP contribution in [0.4, 0.5) is 5.69 Å². The van der Waals surface area contributed by atoms with E-state index in [0.29, 0.717) is 5.56 Å². The Morgan fingerprint density at radius 2 is 1.70 bits per heavy atom. The fourth-order valence-electron chi connectivity index (χ4n) is 1.61. The summed E-state index contributed by atoms with van der Waals surface area (Å²) in [6.45, 7) is 0. The number of hydrogen-bond acceptors (Lipinski definition) is 7. The van der Waals surface area contributed by atoms with E-state index in [0.717, 1.165) is 0 Å². The first-order chi connectivity index (χ1) is 10.9. The molecule has 0 heterocycles. The second kappa shape index (κ2) is 9.42. The Balaban J connectivity index is 2.69. The first-order valence-electron chi connectivity index (χ1n) is 6.38. The van der Waals surface area contributed by atoms with Crippen molar-refractivity contribution in [3.8, 4) is 0 Å². The van der Waals surface area contributed by atoms with Crippen LogP contribution in [0.15, 0.2) is 34.3 Å². The van der Waals surface area contributed by atoms with Crippen molar-refractivity contribution < 1.29 is 18.5 Å². The summed E-state index contributed by atoms with van der Waals surface area (Å²) in [5.74, 6) is 0. The Labute approximate surface area is 144 Å². The van der Waals surface area contributed by atoms with E-state index >= 15 is 0 Å². The minimum Gasteiger partial charge on any atom is -0.258 e. The van der Waals surface area contributed by atoms with E-state index in [1.54, 1.807) is 12.1 Å². The average molecular weight is 385 g/mol. The lowest BCUT2D eigenvalue weighted by atomic mass is 10.1. The lowest BCUT2D eigenvalue weighted by Gasteiger charge is -2.12. The summed E-state index contributed by atoms with van der Waals surface area (Å²) in [5.41, 5.74) is -0.0356. The molecule has 0 amide bonds. The molecule has 0 saturated heterocycles. The van der Waals surface area contributed by atoms with Crippen molar-refractivity contribution in [3.05, 3.63) is 39.9 Å². The van der Waals surface area contributed by atoms with Gasteiger partial charge in [-0.2, -0.15) is 13.6 Å². The monoisotopic (exact) mass is 384 g/mol. The SMILES string of the molecule is CO[P+](N=NC(Cl)CC(Cl)c1ccc([N+](=O)[O-])cc1)(OC)OC. The molecule has 11 heteroatoms. The van der Waals surface area contributed by atoms with E-state index in [-0.39, 0.29) is 12.1 Å². The second-order valence-electron chi connectivity index (χ2n) is 4.21. The van der Waals surface area contributed by atoms with Gasteiger partial charge in [-0.3, -0.25) is 10.1 Å². The standard InChI is InChI=1S/C12H17Cl2N3O5P/c1-20-23(21-2,22-3)16-15-12(14)8-11(13)9-4-6-10(7-5-9)17(18)19/h4-7,11-12H,8H2,1-3H3/q+1. The van der Waals surface area contributed by atoms with Crippen molar-refractivity contribution in [2.75, 3.05) is 21.3 Å². The molecule has 23 heavy (non-hydrogen) atoms. The molecule has 2 atom stereocenters. The zero-order chi connectivity index (χ0) is 17.5. The van der Waals surface area contributed by atoms with Crippen LogP contribution in [0.5, 0.6) is 0 Å². The highest BCUT2D eigenvalue weighted by molar-refractivity contribution is 7.59. The molecule has 0 aromatic heterocycles. The van der Waals surface area contributed by atoms with Crippen molar-refractivity contribution in [2.45, 2.75) is 17.3 Å². The second-order valence-corrected chi connectivity index (χ2v) is 7.45. The molecule has 128 valence electrons. The highest BCUT2D eigenvalue weighted by atomic mass is 35.5. The van der Waals surface area contributed by atoms with Crippen molar-refractivity contribution in [1.29, 1.82) is 0 Å². The molecule has 2 unspecified atom stereocenters. The molecule has 0 spiro atoms. The average Bonchev–Trinajstić information content (AvgIpc) is 2.56. The van der Waals surface area contributed by atoms with Crippen LogP contribution in [0.3, 0.4) is 0 Å². The number of nitro groups is 1. The predicted octanol–water partition coefficient (Wildman–Crippen LogP) is 4.90. The van der Waals surface area contributed by atoms with E-state index in [4.69, 9.17) is 36.8 Å². The van der Waals surface area contributed by atoms with Gasteiger partial charge in [0.15, 0.2) is 0 Å². The summed E-state index contributed by atoms with van der Waals surface area (Å²) >= 11 is 12.3. The summed E-state index contributed by atoms with van der Waals surface area (Å²) in [6, 6.07) is 5.92. The summed E-state index contributed by atoms with van der Waals surface area (Å²) < 4.78 is 15.2. The molecule has 0 radical (unpaired) electrons. The highest BCUT2D eigenvalue weighted by Crippen LogP contribution is 2.62. The number of non-ortho nitro benzene ring substituents is 1. The van der Waals surface area contributed by atoms with E-state index in [1.807, 2.05) is 0 Å². The molecule has 1 rings (SSSR count). The quantitative estimate of drug-likeness (QED) is 0.150. The number of halogens is 2. The molecular weight excluding hydrogens is 368 g/mol. The first kappa shape index (κ1) is 20.2. The number of rotatable bonds is 9. The van der Waals surface area contributed by atoms with Gasteiger partial charge in [0.05, 0.1) is 36.5 Å². The van der Waals surface area contributed by atoms with Crippen LogP contribution in [0, 0.1) is 10.1 Å². The van der Waals surface area contributed by atoms with Gasteiger partial charge in [-0.15, -0.1) is 16.7 Å². The fraction of sp³-hybridized carbons (Fsp3) is 0.500. The van der Waals surface area contributed by atoms with Crippen molar-refractivity contribution in [3.63, 3.8) is 0 Å². The molecular formula is C12H17Cl2N3O5P+. The van der Waals surface area contributed by atoms with E-state index in [1.165, 1.54) is 33.5 Å². The predicted molar refractivity (Wildman–Crippen MR) is 88.8 cm³/mol. The fourth-order valence-corrected chi connectivity index (χ4v) is 3.22. The van der Waals surface area contributed by atoms with Crippen LogP contribution in [-0.2, 0) is 13.6 Å². The lowest BCUT2D eigenvalue weighted by molar-refractivity contribution is -0.384. The highest BCUT2D eigenvalue weighted by Gasteiger charge is 2.44. The molecule has 0 fully saturated rings. The molecule has 1 aromatic rings. The van der Waals surface area contributed by atoms with E-state index < -0.39 is 23.9 Å². The van der Waals surface area contributed by atoms with E-state index in [9.17, 15) is 10.1 Å². The largest absolute Gasteiger partial charge is 0.572 e. The topological polar surface area (TPSA) is 95.6 Å². The molecule has 0 aliphatic rings. The molecule has 0 aliphatic heterocycles. The van der Waals surface area contributed by atoms with Gasteiger partial charge in [0, 0.05) is 18.6 Å². The van der Waals surface area contributed by atoms with Crippen LogP contribution >= 0.6 is 31.3 Å². The maximum Gasteiger partial charge on any atom is 0.572 e. The minimum absolute atomic E-state index is 0.00500. The van der Waals surface area contributed by atoms with Gasteiger partial charge >= 0.3 is 8.09 Å². The van der Waals surface area contributed by atoms with Gasteiger partial charge in [-0.05, 0) is 5.56 Å². The Morgan fingerprint density at radius 1 is 1.17 bits per heavy atom. The van der Waals surface area contributed by atoms with Gasteiger partial charge in [0.1, 0.15) is 5.50 Å². The number of benzene rings is 1. The number of alkyl halides is 2. The van der Waals surface area contributed by atoms with Gasteiger partial charge in [-0.1, -0.05) is 23.7 Å². The summed E-state index contributed by atoms with van der Waals surface area (Å²) in [6.07, 6.45) is 0.265. The normalized spacial score (nSPS) is 14.8. The Hall–Kier alpha value is -0.890. The van der Waals surface area contributed by atoms with Gasteiger partial charge < -0.3 is 0 Å². The molecule has 1 aromatic carbocycles. The van der Waals surface area contributed by atoms with E-state index in [2.05, 4.69) is 10.00 Å².